The van der Waals surface area contributed by atoms with Crippen LogP contribution in [0.1, 0.15) is 11.1 Å². The topological polar surface area (TPSA) is 20.2 Å². The average Bonchev–Trinajstić information content (AvgIpc) is 2.30. The molecular formula is C9H9BBrO. The van der Waals surface area contributed by atoms with Crippen molar-refractivity contribution < 1.29 is 5.11 Å². The van der Waals surface area contributed by atoms with Crippen molar-refractivity contribution in [2.45, 2.75) is 19.3 Å². The predicted molar refractivity (Wildman–Crippen MR) is 54.0 cm³/mol. The molecule has 0 bridgehead atoms. The van der Waals surface area contributed by atoms with E-state index in [-0.39, 0.29) is 6.00 Å². The molecule has 1 nitrogen and oxygen atoms in total. The van der Waals surface area contributed by atoms with Crippen molar-refractivity contribution in [1.82, 2.24) is 0 Å². The van der Waals surface area contributed by atoms with Gasteiger partial charge >= 0.3 is 0 Å². The first-order chi connectivity index (χ1) is 5.66. The molecule has 1 aliphatic heterocycles. The number of halogens is 1. The molecule has 1 heterocycles. The van der Waals surface area contributed by atoms with Gasteiger partial charge in [-0.1, -0.05) is 39.1 Å². The molecular weight excluding hydrogens is 215 g/mol. The Balaban J connectivity index is 2.48. The van der Waals surface area contributed by atoms with E-state index in [0.29, 0.717) is 0 Å². The fraction of sp³-hybridized carbons (Fsp3) is 0.333. The van der Waals surface area contributed by atoms with E-state index >= 15 is 0 Å². The first-order valence-electron chi connectivity index (χ1n) is 3.99. The molecule has 0 aromatic heterocycles. The molecule has 1 N–H and O–H groups in total. The normalized spacial score (nSPS) is 20.4. The predicted octanol–water partition coefficient (Wildman–Crippen LogP) is 0.962. The number of benzene rings is 1. The second-order valence-electron chi connectivity index (χ2n) is 3.24. The molecule has 61 valence electrons. The van der Waals surface area contributed by atoms with Crippen LogP contribution >= 0.6 is 15.9 Å². The van der Waals surface area contributed by atoms with Gasteiger partial charge in [0.15, 0.2) is 7.28 Å². The van der Waals surface area contributed by atoms with Crippen LogP contribution < -0.4 is 5.46 Å². The fourth-order valence-electron chi connectivity index (χ4n) is 1.58. The smallest absolute Gasteiger partial charge is 0.190 e. The minimum Gasteiger partial charge on any atom is -0.401 e. The lowest BCUT2D eigenvalue weighted by Gasteiger charge is -2.02. The fourth-order valence-corrected chi connectivity index (χ4v) is 1.94. The molecule has 12 heavy (non-hydrogen) atoms. The van der Waals surface area contributed by atoms with Gasteiger partial charge in [-0.3, -0.25) is 0 Å². The lowest BCUT2D eigenvalue weighted by Crippen LogP contribution is -2.19. The number of rotatable bonds is 0. The minimum atomic E-state index is -0.284. The average molecular weight is 224 g/mol. The summed E-state index contributed by atoms with van der Waals surface area (Å²) < 4.78 is 1.12. The van der Waals surface area contributed by atoms with E-state index in [4.69, 9.17) is 0 Å². The van der Waals surface area contributed by atoms with Crippen LogP contribution in [0.25, 0.3) is 0 Å². The van der Waals surface area contributed by atoms with Crippen LogP contribution in [-0.4, -0.2) is 18.4 Å². The van der Waals surface area contributed by atoms with Gasteiger partial charge in [0.1, 0.15) is 0 Å². The highest BCUT2D eigenvalue weighted by Crippen LogP contribution is 2.19. The lowest BCUT2D eigenvalue weighted by atomic mass is 9.70. The van der Waals surface area contributed by atoms with Crippen LogP contribution in [0.4, 0.5) is 0 Å². The Morgan fingerprint density at radius 1 is 1.58 bits per heavy atom. The zero-order chi connectivity index (χ0) is 8.72. The van der Waals surface area contributed by atoms with Gasteiger partial charge in [0.2, 0.25) is 0 Å². The molecule has 1 aliphatic rings. The maximum absolute atomic E-state index is 9.36. The highest BCUT2D eigenvalue weighted by molar-refractivity contribution is 9.10. The molecule has 0 saturated carbocycles. The van der Waals surface area contributed by atoms with Crippen molar-refractivity contribution in [2.75, 3.05) is 0 Å². The molecule has 3 heteroatoms. The molecule has 1 unspecified atom stereocenters. The third-order valence-electron chi connectivity index (χ3n) is 2.22. The summed E-state index contributed by atoms with van der Waals surface area (Å²) >= 11 is 3.47. The van der Waals surface area contributed by atoms with Gasteiger partial charge in [0, 0.05) is 10.5 Å². The van der Waals surface area contributed by atoms with Crippen molar-refractivity contribution in [1.29, 1.82) is 0 Å². The molecule has 1 atom stereocenters. The van der Waals surface area contributed by atoms with Crippen LogP contribution in [0.3, 0.4) is 0 Å². The molecule has 1 radical (unpaired) electrons. The van der Waals surface area contributed by atoms with E-state index in [1.165, 1.54) is 16.6 Å². The molecule has 0 saturated heterocycles. The van der Waals surface area contributed by atoms with E-state index in [2.05, 4.69) is 35.0 Å². The van der Waals surface area contributed by atoms with Crippen LogP contribution in [0.5, 0.6) is 0 Å². The van der Waals surface area contributed by atoms with Crippen molar-refractivity contribution in [2.24, 2.45) is 0 Å². The quantitative estimate of drug-likeness (QED) is 0.650. The highest BCUT2D eigenvalue weighted by Gasteiger charge is 2.21. The van der Waals surface area contributed by atoms with Gasteiger partial charge in [-0.25, -0.2) is 0 Å². The first-order valence-corrected chi connectivity index (χ1v) is 4.78. The zero-order valence-corrected chi connectivity index (χ0v) is 8.43. The molecule has 1 aromatic rings. The summed E-state index contributed by atoms with van der Waals surface area (Å²) in [5.74, 6) is 0. The Morgan fingerprint density at radius 2 is 2.33 bits per heavy atom. The van der Waals surface area contributed by atoms with E-state index in [9.17, 15) is 5.11 Å². The maximum Gasteiger partial charge on any atom is 0.190 e. The Morgan fingerprint density at radius 3 is 3.08 bits per heavy atom. The van der Waals surface area contributed by atoms with Crippen LogP contribution in [0, 0.1) is 6.92 Å². The lowest BCUT2D eigenvalue weighted by molar-refractivity contribution is 0.258. The van der Waals surface area contributed by atoms with Crippen LogP contribution in [-0.2, 0) is 6.42 Å². The summed E-state index contributed by atoms with van der Waals surface area (Å²) in [6.07, 6.45) is 0.767. The number of hydrogen-bond donors (Lipinski definition) is 1. The number of aliphatic hydroxyl groups is 1. The van der Waals surface area contributed by atoms with Crippen molar-refractivity contribution in [3.05, 3.63) is 27.7 Å². The van der Waals surface area contributed by atoms with E-state index in [1.54, 1.807) is 0 Å². The first kappa shape index (κ1) is 8.33. The van der Waals surface area contributed by atoms with Gasteiger partial charge in [0.05, 0.1) is 0 Å². The summed E-state index contributed by atoms with van der Waals surface area (Å²) in [5.41, 5.74) is 3.65. The van der Waals surface area contributed by atoms with Crippen LogP contribution in [0.15, 0.2) is 16.6 Å². The van der Waals surface area contributed by atoms with Gasteiger partial charge in [0.25, 0.3) is 0 Å². The largest absolute Gasteiger partial charge is 0.401 e. The Labute approximate surface area is 81.2 Å². The van der Waals surface area contributed by atoms with E-state index in [1.807, 2.05) is 7.28 Å². The second-order valence-corrected chi connectivity index (χ2v) is 4.09. The zero-order valence-electron chi connectivity index (χ0n) is 6.84. The summed E-state index contributed by atoms with van der Waals surface area (Å²) in [6, 6.07) is 3.92. The summed E-state index contributed by atoms with van der Waals surface area (Å²) in [7, 11) is 1.90. The van der Waals surface area contributed by atoms with Gasteiger partial charge in [-0.2, -0.15) is 0 Å². The van der Waals surface area contributed by atoms with Crippen molar-refractivity contribution in [3.8, 4) is 0 Å². The maximum atomic E-state index is 9.36. The van der Waals surface area contributed by atoms with Crippen LogP contribution in [0.2, 0.25) is 0 Å². The molecule has 0 fully saturated rings. The summed E-state index contributed by atoms with van der Waals surface area (Å²) in [5, 5.41) is 9.36. The second kappa shape index (κ2) is 2.89. The standard InChI is InChI=1S/C9H9BBrO/c1-5-2-6-3-9(12)10-7(6)4-8(5)11/h2,4,9,12H,3H2,1H3. The Bertz CT molecular complexity index is 294. The molecule has 2 rings (SSSR count). The van der Waals surface area contributed by atoms with Crippen molar-refractivity contribution >= 4 is 28.7 Å². The third-order valence-corrected chi connectivity index (χ3v) is 3.08. The van der Waals surface area contributed by atoms with Crippen molar-refractivity contribution in [3.63, 3.8) is 0 Å². The van der Waals surface area contributed by atoms with E-state index < -0.39 is 0 Å². The minimum absolute atomic E-state index is 0.284. The van der Waals surface area contributed by atoms with Gasteiger partial charge in [-0.05, 0) is 18.9 Å². The summed E-state index contributed by atoms with van der Waals surface area (Å²) in [4.78, 5) is 0. The number of aliphatic hydroxyl groups excluding tert-OH is 1. The highest BCUT2D eigenvalue weighted by atomic mass is 79.9. The number of hydrogen-bond acceptors (Lipinski definition) is 1. The number of fused-ring (bicyclic) bond motifs is 1. The third kappa shape index (κ3) is 1.32. The molecule has 0 amide bonds. The van der Waals surface area contributed by atoms with Gasteiger partial charge < -0.3 is 5.11 Å². The number of aryl methyl sites for hydroxylation is 1. The molecule has 0 aliphatic carbocycles. The Hall–Kier alpha value is -0.275. The monoisotopic (exact) mass is 223 g/mol. The SMILES string of the molecule is Cc1cc2c(cc1Br)[B]C(O)C2. The molecule has 0 spiro atoms. The molecule has 1 aromatic carbocycles. The summed E-state index contributed by atoms with van der Waals surface area (Å²) in [6.45, 7) is 2.06. The van der Waals surface area contributed by atoms with Gasteiger partial charge in [-0.15, -0.1) is 0 Å². The Kier molecular flexibility index (Phi) is 2.01. The van der Waals surface area contributed by atoms with E-state index in [0.717, 1.165) is 10.9 Å².